The summed E-state index contributed by atoms with van der Waals surface area (Å²) in [6.07, 6.45) is 0.277. The maximum absolute atomic E-state index is 7.07. The van der Waals surface area contributed by atoms with Crippen molar-refractivity contribution in [3.05, 3.63) is 157 Å². The molecular weight excluding hydrogens is 534 g/mol. The van der Waals surface area contributed by atoms with Crippen molar-refractivity contribution in [3.63, 3.8) is 0 Å². The highest BCUT2D eigenvalue weighted by atomic mass is 31.1. The van der Waals surface area contributed by atoms with Gasteiger partial charge in [0.25, 0.3) is 0 Å². The van der Waals surface area contributed by atoms with Crippen molar-refractivity contribution in [2.45, 2.75) is 37.4 Å². The fraction of sp³-hybridized carbons (Fsp3) is 0.211. The molecule has 0 aliphatic carbocycles. The average molecular weight is 571 g/mol. The van der Waals surface area contributed by atoms with Crippen LogP contribution >= 0.6 is 15.8 Å². The van der Waals surface area contributed by atoms with Crippen LogP contribution in [0.2, 0.25) is 0 Å². The maximum Gasteiger partial charge on any atom is 0.0875 e. The van der Waals surface area contributed by atoms with E-state index in [-0.39, 0.29) is 12.2 Å². The third-order valence-corrected chi connectivity index (χ3v) is 14.8. The molecule has 7 rings (SSSR count). The molecule has 0 saturated carbocycles. The fourth-order valence-corrected chi connectivity index (χ4v) is 13.3. The van der Waals surface area contributed by atoms with E-state index in [1.165, 1.54) is 32.3 Å². The van der Waals surface area contributed by atoms with E-state index in [2.05, 4.69) is 159 Å². The molecule has 2 heterocycles. The van der Waals surface area contributed by atoms with Crippen molar-refractivity contribution in [3.8, 4) is 0 Å². The van der Waals surface area contributed by atoms with Crippen molar-refractivity contribution in [1.82, 2.24) is 0 Å². The van der Waals surface area contributed by atoms with Crippen LogP contribution in [0.25, 0.3) is 0 Å². The lowest BCUT2D eigenvalue weighted by molar-refractivity contribution is 0.0540. The largest absolute Gasteiger partial charge is 0.365 e. The van der Waals surface area contributed by atoms with E-state index in [4.69, 9.17) is 4.74 Å². The van der Waals surface area contributed by atoms with Gasteiger partial charge in [0.2, 0.25) is 0 Å². The second-order valence-corrected chi connectivity index (χ2v) is 16.5. The molecule has 5 aromatic carbocycles. The van der Waals surface area contributed by atoms with Crippen molar-refractivity contribution >= 4 is 37.1 Å². The first-order valence-corrected chi connectivity index (χ1v) is 17.6. The molecule has 2 bridgehead atoms. The van der Waals surface area contributed by atoms with Gasteiger partial charge in [-0.25, -0.2) is 0 Å². The third kappa shape index (κ3) is 4.89. The summed E-state index contributed by atoms with van der Waals surface area (Å²) >= 11 is 0. The molecule has 5 aromatic rings. The van der Waals surface area contributed by atoms with Crippen molar-refractivity contribution < 1.29 is 4.74 Å². The van der Waals surface area contributed by atoms with Gasteiger partial charge in [-0.3, -0.25) is 0 Å². The fourth-order valence-electron chi connectivity index (χ4n) is 7.42. The Morgan fingerprint density at radius 3 is 0.976 bits per heavy atom. The minimum Gasteiger partial charge on any atom is -0.365 e. The van der Waals surface area contributed by atoms with Crippen molar-refractivity contribution in [1.29, 1.82) is 0 Å². The number of ether oxygens (including phenoxy) is 1. The van der Waals surface area contributed by atoms with E-state index in [0.717, 1.165) is 0 Å². The second-order valence-electron chi connectivity index (χ2n) is 11.3. The third-order valence-electron chi connectivity index (χ3n) is 9.11. The van der Waals surface area contributed by atoms with Gasteiger partial charge in [0.1, 0.15) is 0 Å². The predicted molar refractivity (Wildman–Crippen MR) is 177 cm³/mol. The van der Waals surface area contributed by atoms with E-state index < -0.39 is 15.8 Å². The number of benzene rings is 5. The van der Waals surface area contributed by atoms with Gasteiger partial charge < -0.3 is 4.74 Å². The van der Waals surface area contributed by atoms with E-state index in [9.17, 15) is 0 Å². The van der Waals surface area contributed by atoms with Gasteiger partial charge in [-0.05, 0) is 59.5 Å². The van der Waals surface area contributed by atoms with E-state index in [1.807, 2.05) is 0 Å². The Balaban J connectivity index is 1.36. The standard InChI is InChI=1S/C38H36OP2/c1-27(40(29-17-7-3-8-18-29)30-19-9-4-10-20-30)35-36(38-34-26-16-15-25-33(34)37(35)39-38)28(2)41(31-21-11-5-12-22-31)32-23-13-6-14-24-32/h3-28,35-38H,1-2H3/t27-,28+,35-,36-,37+,38-/m1/s1. The van der Waals surface area contributed by atoms with Crippen LogP contribution in [-0.2, 0) is 4.74 Å². The van der Waals surface area contributed by atoms with Gasteiger partial charge >= 0.3 is 0 Å². The summed E-state index contributed by atoms with van der Waals surface area (Å²) in [7, 11) is -1.15. The first-order chi connectivity index (χ1) is 20.2. The lowest BCUT2D eigenvalue weighted by atomic mass is 9.73. The quantitative estimate of drug-likeness (QED) is 0.171. The van der Waals surface area contributed by atoms with Crippen LogP contribution in [0.4, 0.5) is 0 Å². The van der Waals surface area contributed by atoms with Gasteiger partial charge in [-0.15, -0.1) is 0 Å². The average Bonchev–Trinajstić information content (AvgIpc) is 3.61. The number of hydrogen-bond donors (Lipinski definition) is 0. The number of hydrogen-bond acceptors (Lipinski definition) is 1. The van der Waals surface area contributed by atoms with Gasteiger partial charge in [0.05, 0.1) is 12.2 Å². The van der Waals surface area contributed by atoms with Gasteiger partial charge in [0, 0.05) is 11.8 Å². The summed E-state index contributed by atoms with van der Waals surface area (Å²) in [5, 5.41) is 5.82. The molecule has 6 atom stereocenters. The van der Waals surface area contributed by atoms with Crippen LogP contribution in [0.15, 0.2) is 146 Å². The number of rotatable bonds is 8. The Hall–Kier alpha value is -3.08. The van der Waals surface area contributed by atoms with Crippen molar-refractivity contribution in [2.24, 2.45) is 11.8 Å². The molecule has 0 aromatic heterocycles. The molecule has 0 N–H and O–H groups in total. The summed E-state index contributed by atoms with van der Waals surface area (Å²) in [5.41, 5.74) is 3.73. The molecule has 1 nitrogen and oxygen atoms in total. The highest BCUT2D eigenvalue weighted by Gasteiger charge is 2.57. The highest BCUT2D eigenvalue weighted by Crippen LogP contribution is 2.66. The van der Waals surface area contributed by atoms with E-state index in [1.54, 1.807) is 0 Å². The minimum atomic E-state index is -0.576. The normalized spacial score (nSPS) is 22.5. The van der Waals surface area contributed by atoms with Gasteiger partial charge in [-0.1, -0.05) is 159 Å². The molecule has 204 valence electrons. The van der Waals surface area contributed by atoms with Crippen LogP contribution in [0.5, 0.6) is 0 Å². The molecule has 0 radical (unpaired) electrons. The zero-order chi connectivity index (χ0) is 27.8. The maximum atomic E-state index is 7.07. The van der Waals surface area contributed by atoms with Crippen LogP contribution < -0.4 is 21.2 Å². The zero-order valence-corrected chi connectivity index (χ0v) is 25.4. The smallest absolute Gasteiger partial charge is 0.0875 e. The Morgan fingerprint density at radius 2 is 0.683 bits per heavy atom. The molecular formula is C38H36OP2. The molecule has 0 spiro atoms. The molecule has 41 heavy (non-hydrogen) atoms. The van der Waals surface area contributed by atoms with Gasteiger partial charge in [0.15, 0.2) is 0 Å². The highest BCUT2D eigenvalue weighted by molar-refractivity contribution is 7.74. The monoisotopic (exact) mass is 570 g/mol. The van der Waals surface area contributed by atoms with Crippen LogP contribution in [0.1, 0.15) is 37.2 Å². The van der Waals surface area contributed by atoms with Crippen LogP contribution in [-0.4, -0.2) is 11.3 Å². The topological polar surface area (TPSA) is 9.23 Å². The molecule has 1 fully saturated rings. The summed E-state index contributed by atoms with van der Waals surface area (Å²) in [5.74, 6) is 0.850. The summed E-state index contributed by atoms with van der Waals surface area (Å²) in [4.78, 5) is 0. The van der Waals surface area contributed by atoms with E-state index in [0.29, 0.717) is 23.2 Å². The van der Waals surface area contributed by atoms with Crippen LogP contribution in [0.3, 0.4) is 0 Å². The SMILES string of the molecule is C[C@H]([C@@H]1[C@@H]([C@H](C)P(c2ccccc2)c2ccccc2)[C@@H]2O[C@H]1c1ccccc12)P(c1ccccc1)c1ccccc1. The summed E-state index contributed by atoms with van der Waals surface area (Å²) in [6.45, 7) is 5.05. The second kappa shape index (κ2) is 11.7. The Kier molecular flexibility index (Phi) is 7.62. The number of fused-ring (bicyclic) bond motifs is 5. The Labute approximate surface area is 247 Å². The molecule has 3 heteroatoms. The predicted octanol–water partition coefficient (Wildman–Crippen LogP) is 8.09. The first kappa shape index (κ1) is 26.8. The minimum absolute atomic E-state index is 0.138. The zero-order valence-electron chi connectivity index (χ0n) is 23.6. The van der Waals surface area contributed by atoms with Gasteiger partial charge in [-0.2, -0.15) is 0 Å². The lowest BCUT2D eigenvalue weighted by Gasteiger charge is -2.42. The molecule has 2 aliphatic heterocycles. The Bertz CT molecular complexity index is 1380. The lowest BCUT2D eigenvalue weighted by Crippen LogP contribution is -2.39. The first-order valence-electron chi connectivity index (χ1n) is 14.8. The molecule has 2 aliphatic rings. The van der Waals surface area contributed by atoms with Crippen LogP contribution in [0, 0.1) is 11.8 Å². The Morgan fingerprint density at radius 1 is 0.415 bits per heavy atom. The molecule has 1 saturated heterocycles. The summed E-state index contributed by atoms with van der Waals surface area (Å²) in [6, 6.07) is 54.0. The molecule has 0 unspecified atom stereocenters. The van der Waals surface area contributed by atoms with Crippen molar-refractivity contribution in [2.75, 3.05) is 0 Å². The molecule has 0 amide bonds. The summed E-state index contributed by atoms with van der Waals surface area (Å²) < 4.78 is 7.07. The van der Waals surface area contributed by atoms with E-state index >= 15 is 0 Å².